The third-order valence-corrected chi connectivity index (χ3v) is 6.82. The summed E-state index contributed by atoms with van der Waals surface area (Å²) in [6.07, 6.45) is 2.07. The monoisotopic (exact) mass is 414 g/mol. The number of aromatic nitrogens is 1. The van der Waals surface area contributed by atoms with Crippen molar-refractivity contribution in [3.63, 3.8) is 0 Å². The number of anilines is 1. The maximum atomic E-state index is 11.8. The highest BCUT2D eigenvalue weighted by Crippen LogP contribution is 2.47. The molecule has 1 atom stereocenters. The third-order valence-electron chi connectivity index (χ3n) is 5.63. The Morgan fingerprint density at radius 2 is 1.96 bits per heavy atom. The molecule has 28 heavy (non-hydrogen) atoms. The van der Waals surface area contributed by atoms with Crippen LogP contribution in [0.15, 0.2) is 30.3 Å². The lowest BCUT2D eigenvalue weighted by Crippen LogP contribution is -2.35. The molecular formula is C22H23ClN2O2S. The number of benzene rings is 2. The van der Waals surface area contributed by atoms with Gasteiger partial charge in [0.15, 0.2) is 0 Å². The van der Waals surface area contributed by atoms with E-state index >= 15 is 0 Å². The summed E-state index contributed by atoms with van der Waals surface area (Å²) in [4.78, 5) is 11.8. The van der Waals surface area contributed by atoms with E-state index in [4.69, 9.17) is 11.6 Å². The van der Waals surface area contributed by atoms with E-state index in [1.807, 2.05) is 24.3 Å². The molecule has 1 unspecified atom stereocenters. The van der Waals surface area contributed by atoms with Gasteiger partial charge in [0, 0.05) is 28.9 Å². The number of halogens is 1. The molecule has 0 bridgehead atoms. The summed E-state index contributed by atoms with van der Waals surface area (Å²) in [5.41, 5.74) is 7.47. The van der Waals surface area contributed by atoms with E-state index in [1.54, 1.807) is 11.9 Å². The lowest BCUT2D eigenvalue weighted by atomic mass is 9.89. The predicted molar refractivity (Wildman–Crippen MR) is 119 cm³/mol. The standard InChI is InChI=1S/C22H23ClN2O2S/c1-12-9-18-20(15-5-7-16(23)8-6-15)17(10-19(26)27)14(3)21-22(18)24(12)11-13(2)25(21)28-4/h5-9,13H,10-11H2,1-4H3,(H,26,27). The number of rotatable bonds is 4. The molecule has 1 aromatic heterocycles. The number of carbonyl (C=O) groups is 1. The van der Waals surface area contributed by atoms with Crippen molar-refractivity contribution in [2.24, 2.45) is 0 Å². The first-order valence-electron chi connectivity index (χ1n) is 9.29. The quantitative estimate of drug-likeness (QED) is 0.557. The first kappa shape index (κ1) is 19.2. The molecule has 0 spiro atoms. The Morgan fingerprint density at radius 1 is 1.29 bits per heavy atom. The van der Waals surface area contributed by atoms with Gasteiger partial charge in [-0.05, 0) is 61.2 Å². The maximum Gasteiger partial charge on any atom is 0.307 e. The minimum absolute atomic E-state index is 0.00639. The summed E-state index contributed by atoms with van der Waals surface area (Å²) in [6, 6.07) is 10.2. The van der Waals surface area contributed by atoms with Crippen molar-refractivity contribution in [1.29, 1.82) is 0 Å². The summed E-state index contributed by atoms with van der Waals surface area (Å²) in [6.45, 7) is 7.32. The Balaban J connectivity index is 2.15. The number of aliphatic carboxylic acids is 1. The van der Waals surface area contributed by atoms with Gasteiger partial charge >= 0.3 is 5.97 Å². The lowest BCUT2D eigenvalue weighted by molar-refractivity contribution is -0.136. The van der Waals surface area contributed by atoms with Gasteiger partial charge in [0.05, 0.1) is 23.7 Å². The molecule has 1 aliphatic rings. The average molecular weight is 415 g/mol. The summed E-state index contributed by atoms with van der Waals surface area (Å²) >= 11 is 7.81. The molecule has 0 amide bonds. The van der Waals surface area contributed by atoms with Crippen molar-refractivity contribution >= 4 is 46.1 Å². The second-order valence-electron chi connectivity index (χ2n) is 7.42. The molecule has 146 valence electrons. The minimum Gasteiger partial charge on any atom is -0.481 e. The smallest absolute Gasteiger partial charge is 0.307 e. The van der Waals surface area contributed by atoms with E-state index in [1.165, 1.54) is 11.2 Å². The molecule has 0 radical (unpaired) electrons. The van der Waals surface area contributed by atoms with Crippen LogP contribution in [0.5, 0.6) is 0 Å². The number of nitrogens with zero attached hydrogens (tertiary/aromatic N) is 2. The van der Waals surface area contributed by atoms with Gasteiger partial charge in [-0.1, -0.05) is 35.7 Å². The average Bonchev–Trinajstić information content (AvgIpc) is 2.96. The van der Waals surface area contributed by atoms with Gasteiger partial charge in [0.25, 0.3) is 0 Å². The van der Waals surface area contributed by atoms with Crippen LogP contribution in [-0.2, 0) is 17.8 Å². The first-order valence-corrected chi connectivity index (χ1v) is 10.9. The first-order chi connectivity index (χ1) is 13.3. The Hall–Kier alpha value is -2.11. The minimum atomic E-state index is -0.819. The summed E-state index contributed by atoms with van der Waals surface area (Å²) in [5.74, 6) is -0.819. The third kappa shape index (κ3) is 2.88. The molecule has 0 saturated heterocycles. The van der Waals surface area contributed by atoms with E-state index in [-0.39, 0.29) is 6.42 Å². The van der Waals surface area contributed by atoms with Crippen LogP contribution in [0.25, 0.3) is 22.0 Å². The normalized spacial score (nSPS) is 16.0. The van der Waals surface area contributed by atoms with Gasteiger partial charge in [-0.3, -0.25) is 4.79 Å². The second-order valence-corrected chi connectivity index (χ2v) is 8.62. The summed E-state index contributed by atoms with van der Waals surface area (Å²) in [7, 11) is 0. The van der Waals surface area contributed by atoms with Crippen LogP contribution >= 0.6 is 23.5 Å². The van der Waals surface area contributed by atoms with Crippen LogP contribution in [0, 0.1) is 13.8 Å². The molecule has 4 nitrogen and oxygen atoms in total. The van der Waals surface area contributed by atoms with E-state index in [0.29, 0.717) is 11.1 Å². The van der Waals surface area contributed by atoms with Crippen molar-refractivity contribution < 1.29 is 9.90 Å². The van der Waals surface area contributed by atoms with Gasteiger partial charge in [0.2, 0.25) is 0 Å². The highest BCUT2D eigenvalue weighted by Gasteiger charge is 2.31. The number of carboxylic acids is 1. The van der Waals surface area contributed by atoms with Gasteiger partial charge < -0.3 is 14.0 Å². The SMILES string of the molecule is CSN1c2c(C)c(CC(=O)O)c(-c3ccc(Cl)cc3)c3cc(C)n(c23)CC1C. The summed E-state index contributed by atoms with van der Waals surface area (Å²) in [5, 5.41) is 11.4. The fourth-order valence-electron chi connectivity index (χ4n) is 4.45. The number of hydrogen-bond donors (Lipinski definition) is 1. The number of carboxylic acid groups (broad SMARTS) is 1. The lowest BCUT2D eigenvalue weighted by Gasteiger charge is -2.37. The zero-order valence-electron chi connectivity index (χ0n) is 16.4. The molecule has 2 aromatic carbocycles. The van der Waals surface area contributed by atoms with Crippen molar-refractivity contribution in [3.8, 4) is 11.1 Å². The van der Waals surface area contributed by atoms with E-state index in [9.17, 15) is 9.90 Å². The van der Waals surface area contributed by atoms with Crippen molar-refractivity contribution in [3.05, 3.63) is 52.2 Å². The molecule has 2 heterocycles. The molecule has 3 aromatic rings. The molecule has 1 aliphatic heterocycles. The fraction of sp³-hybridized carbons (Fsp3) is 0.318. The summed E-state index contributed by atoms with van der Waals surface area (Å²) < 4.78 is 4.70. The molecule has 0 fully saturated rings. The highest BCUT2D eigenvalue weighted by atomic mass is 35.5. The van der Waals surface area contributed by atoms with Crippen LogP contribution < -0.4 is 4.31 Å². The number of aryl methyl sites for hydroxylation is 1. The topological polar surface area (TPSA) is 45.5 Å². The van der Waals surface area contributed by atoms with Crippen LogP contribution in [0.3, 0.4) is 0 Å². The molecule has 0 aliphatic carbocycles. The molecule has 0 saturated carbocycles. The predicted octanol–water partition coefficient (Wildman–Crippen LogP) is 5.69. The van der Waals surface area contributed by atoms with Gasteiger partial charge in [-0.25, -0.2) is 0 Å². The van der Waals surface area contributed by atoms with Crippen molar-refractivity contribution in [2.45, 2.75) is 39.8 Å². The van der Waals surface area contributed by atoms with Gasteiger partial charge in [-0.2, -0.15) is 0 Å². The fourth-order valence-corrected chi connectivity index (χ4v) is 5.41. The maximum absolute atomic E-state index is 11.8. The molecule has 6 heteroatoms. The molecule has 4 rings (SSSR count). The molecular weight excluding hydrogens is 392 g/mol. The van der Waals surface area contributed by atoms with Gasteiger partial charge in [0.1, 0.15) is 0 Å². The van der Waals surface area contributed by atoms with Crippen LogP contribution in [0.2, 0.25) is 5.02 Å². The van der Waals surface area contributed by atoms with Gasteiger partial charge in [-0.15, -0.1) is 0 Å². The largest absolute Gasteiger partial charge is 0.481 e. The Kier molecular flexibility index (Phi) is 4.84. The molecule has 1 N–H and O–H groups in total. The Morgan fingerprint density at radius 3 is 2.57 bits per heavy atom. The van der Waals surface area contributed by atoms with Crippen molar-refractivity contribution in [1.82, 2.24) is 4.57 Å². The van der Waals surface area contributed by atoms with Crippen LogP contribution in [-0.4, -0.2) is 27.9 Å². The van der Waals surface area contributed by atoms with Crippen LogP contribution in [0.1, 0.15) is 23.7 Å². The van der Waals surface area contributed by atoms with Crippen molar-refractivity contribution in [2.75, 3.05) is 10.6 Å². The zero-order valence-corrected chi connectivity index (χ0v) is 18.0. The van der Waals surface area contributed by atoms with E-state index < -0.39 is 5.97 Å². The van der Waals surface area contributed by atoms with Crippen LogP contribution in [0.4, 0.5) is 5.69 Å². The Bertz CT molecular complexity index is 1090. The highest BCUT2D eigenvalue weighted by molar-refractivity contribution is 8.00. The zero-order chi connectivity index (χ0) is 20.2. The second kappa shape index (κ2) is 7.05. The Labute approximate surface area is 174 Å². The van der Waals surface area contributed by atoms with E-state index in [0.717, 1.165) is 39.9 Å². The number of hydrogen-bond acceptors (Lipinski definition) is 3. The van der Waals surface area contributed by atoms with E-state index in [2.05, 4.69) is 42.0 Å².